The highest BCUT2D eigenvalue weighted by atomic mass is 16.3. The van der Waals surface area contributed by atoms with E-state index in [0.717, 1.165) is 0 Å². The summed E-state index contributed by atoms with van der Waals surface area (Å²) in [6, 6.07) is 0. The Bertz CT molecular complexity index is 163. The standard InChI is InChI=1S/C9H20N2O2/c1-5-11(4)8(12)6-10-7-9(2,3)13/h10,13H,5-7H2,1-4H3. The third-order valence-corrected chi connectivity index (χ3v) is 1.73. The van der Waals surface area contributed by atoms with Crippen molar-refractivity contribution >= 4 is 5.91 Å². The minimum Gasteiger partial charge on any atom is -0.389 e. The van der Waals surface area contributed by atoms with E-state index in [4.69, 9.17) is 0 Å². The first-order valence-electron chi connectivity index (χ1n) is 4.54. The van der Waals surface area contributed by atoms with E-state index in [-0.39, 0.29) is 12.5 Å². The second kappa shape index (κ2) is 5.19. The van der Waals surface area contributed by atoms with Crippen LogP contribution in [0.4, 0.5) is 0 Å². The van der Waals surface area contributed by atoms with Crippen LogP contribution in [0.3, 0.4) is 0 Å². The Hall–Kier alpha value is -0.610. The first kappa shape index (κ1) is 12.4. The first-order chi connectivity index (χ1) is 5.87. The zero-order valence-corrected chi connectivity index (χ0v) is 8.92. The number of amides is 1. The predicted octanol–water partition coefficient (Wildman–Crippen LogP) is -0.175. The fraction of sp³-hybridized carbons (Fsp3) is 0.889. The molecule has 0 aliphatic heterocycles. The van der Waals surface area contributed by atoms with E-state index in [0.29, 0.717) is 13.1 Å². The molecule has 0 unspecified atom stereocenters. The lowest BCUT2D eigenvalue weighted by molar-refractivity contribution is -0.128. The SMILES string of the molecule is CCN(C)C(=O)CNCC(C)(C)O. The summed E-state index contributed by atoms with van der Waals surface area (Å²) in [5.41, 5.74) is -0.759. The molecule has 0 atom stereocenters. The van der Waals surface area contributed by atoms with E-state index in [9.17, 15) is 9.90 Å². The minimum absolute atomic E-state index is 0.0479. The molecular weight excluding hydrogens is 168 g/mol. The molecule has 78 valence electrons. The maximum Gasteiger partial charge on any atom is 0.236 e. The minimum atomic E-state index is -0.759. The lowest BCUT2D eigenvalue weighted by Gasteiger charge is -2.19. The van der Waals surface area contributed by atoms with Gasteiger partial charge in [0, 0.05) is 20.1 Å². The van der Waals surface area contributed by atoms with Crippen molar-refractivity contribution in [1.82, 2.24) is 10.2 Å². The van der Waals surface area contributed by atoms with Crippen molar-refractivity contribution in [3.8, 4) is 0 Å². The van der Waals surface area contributed by atoms with Crippen molar-refractivity contribution in [2.75, 3.05) is 26.7 Å². The van der Waals surface area contributed by atoms with E-state index in [1.807, 2.05) is 6.92 Å². The highest BCUT2D eigenvalue weighted by Crippen LogP contribution is 1.96. The Morgan fingerprint density at radius 2 is 2.08 bits per heavy atom. The maximum atomic E-state index is 11.2. The Labute approximate surface area is 79.9 Å². The average Bonchev–Trinajstić information content (AvgIpc) is 2.00. The Morgan fingerprint density at radius 1 is 1.54 bits per heavy atom. The fourth-order valence-electron chi connectivity index (χ4n) is 0.787. The molecule has 0 aromatic heterocycles. The number of carbonyl (C=O) groups is 1. The van der Waals surface area contributed by atoms with Gasteiger partial charge in [-0.05, 0) is 20.8 Å². The molecule has 4 heteroatoms. The van der Waals surface area contributed by atoms with E-state index in [1.165, 1.54) is 0 Å². The summed E-state index contributed by atoms with van der Waals surface area (Å²) in [5.74, 6) is 0.0479. The van der Waals surface area contributed by atoms with Gasteiger partial charge in [-0.2, -0.15) is 0 Å². The van der Waals surface area contributed by atoms with E-state index in [2.05, 4.69) is 5.32 Å². The van der Waals surface area contributed by atoms with Crippen molar-refractivity contribution in [2.24, 2.45) is 0 Å². The second-order valence-corrected chi connectivity index (χ2v) is 3.82. The first-order valence-corrected chi connectivity index (χ1v) is 4.54. The van der Waals surface area contributed by atoms with Crippen LogP contribution in [0.1, 0.15) is 20.8 Å². The largest absolute Gasteiger partial charge is 0.389 e. The molecule has 13 heavy (non-hydrogen) atoms. The number of nitrogens with zero attached hydrogens (tertiary/aromatic N) is 1. The summed E-state index contributed by atoms with van der Waals surface area (Å²) in [6.07, 6.45) is 0. The van der Waals surface area contributed by atoms with Crippen molar-refractivity contribution in [2.45, 2.75) is 26.4 Å². The zero-order valence-electron chi connectivity index (χ0n) is 8.92. The van der Waals surface area contributed by atoms with Crippen molar-refractivity contribution < 1.29 is 9.90 Å². The van der Waals surface area contributed by atoms with Crippen LogP contribution in [0, 0.1) is 0 Å². The van der Waals surface area contributed by atoms with Crippen molar-refractivity contribution in [3.63, 3.8) is 0 Å². The van der Waals surface area contributed by atoms with Crippen molar-refractivity contribution in [3.05, 3.63) is 0 Å². The Kier molecular flexibility index (Phi) is 4.95. The molecule has 0 aliphatic carbocycles. The number of carbonyl (C=O) groups excluding carboxylic acids is 1. The highest BCUT2D eigenvalue weighted by molar-refractivity contribution is 5.77. The van der Waals surface area contributed by atoms with Crippen LogP contribution < -0.4 is 5.32 Å². The van der Waals surface area contributed by atoms with Gasteiger partial charge in [0.05, 0.1) is 12.1 Å². The molecule has 4 nitrogen and oxygen atoms in total. The highest BCUT2D eigenvalue weighted by Gasteiger charge is 2.13. The molecule has 0 spiro atoms. The number of aliphatic hydroxyl groups is 1. The van der Waals surface area contributed by atoms with Gasteiger partial charge in [-0.1, -0.05) is 0 Å². The normalized spacial score (nSPS) is 11.5. The predicted molar refractivity (Wildman–Crippen MR) is 52.5 cm³/mol. The lowest BCUT2D eigenvalue weighted by Crippen LogP contribution is -2.41. The van der Waals surface area contributed by atoms with E-state index in [1.54, 1.807) is 25.8 Å². The number of hydrogen-bond donors (Lipinski definition) is 2. The molecule has 1 amide bonds. The molecule has 0 radical (unpaired) electrons. The summed E-state index contributed by atoms with van der Waals surface area (Å²) in [7, 11) is 1.76. The second-order valence-electron chi connectivity index (χ2n) is 3.82. The van der Waals surface area contributed by atoms with E-state index < -0.39 is 5.60 Å². The van der Waals surface area contributed by atoms with E-state index >= 15 is 0 Å². The molecule has 0 bridgehead atoms. The molecule has 0 heterocycles. The van der Waals surface area contributed by atoms with Gasteiger partial charge in [-0.3, -0.25) is 4.79 Å². The quantitative estimate of drug-likeness (QED) is 0.629. The Balaban J connectivity index is 3.60. The smallest absolute Gasteiger partial charge is 0.236 e. The van der Waals surface area contributed by atoms with Crippen LogP contribution in [-0.4, -0.2) is 48.2 Å². The number of likely N-dealkylation sites (N-methyl/N-ethyl adjacent to an activating group) is 1. The molecule has 0 saturated carbocycles. The van der Waals surface area contributed by atoms with Crippen LogP contribution in [0.5, 0.6) is 0 Å². The van der Waals surface area contributed by atoms with Gasteiger partial charge in [0.25, 0.3) is 0 Å². The molecule has 0 aromatic carbocycles. The van der Waals surface area contributed by atoms with Crippen LogP contribution in [0.15, 0.2) is 0 Å². The van der Waals surface area contributed by atoms with Gasteiger partial charge in [0.1, 0.15) is 0 Å². The summed E-state index contributed by atoms with van der Waals surface area (Å²) in [6.45, 7) is 6.75. The number of rotatable bonds is 5. The zero-order chi connectivity index (χ0) is 10.5. The third-order valence-electron chi connectivity index (χ3n) is 1.73. The number of nitrogens with one attached hydrogen (secondary N) is 1. The molecule has 0 saturated heterocycles. The maximum absolute atomic E-state index is 11.2. The molecule has 0 aliphatic rings. The van der Waals surface area contributed by atoms with Crippen LogP contribution >= 0.6 is 0 Å². The summed E-state index contributed by atoms with van der Waals surface area (Å²) >= 11 is 0. The summed E-state index contributed by atoms with van der Waals surface area (Å²) in [4.78, 5) is 12.9. The van der Waals surface area contributed by atoms with Gasteiger partial charge < -0.3 is 15.3 Å². The van der Waals surface area contributed by atoms with Gasteiger partial charge in [0.15, 0.2) is 0 Å². The monoisotopic (exact) mass is 188 g/mol. The van der Waals surface area contributed by atoms with Gasteiger partial charge in [-0.15, -0.1) is 0 Å². The molecule has 0 rings (SSSR count). The van der Waals surface area contributed by atoms with Gasteiger partial charge in [0.2, 0.25) is 5.91 Å². The molecule has 0 aromatic rings. The van der Waals surface area contributed by atoms with Crippen LogP contribution in [-0.2, 0) is 4.79 Å². The fourth-order valence-corrected chi connectivity index (χ4v) is 0.787. The molecular formula is C9H20N2O2. The van der Waals surface area contributed by atoms with Crippen molar-refractivity contribution in [1.29, 1.82) is 0 Å². The van der Waals surface area contributed by atoms with Crippen LogP contribution in [0.2, 0.25) is 0 Å². The third kappa shape index (κ3) is 6.54. The average molecular weight is 188 g/mol. The van der Waals surface area contributed by atoms with Gasteiger partial charge >= 0.3 is 0 Å². The summed E-state index contributed by atoms with van der Waals surface area (Å²) in [5, 5.41) is 12.2. The van der Waals surface area contributed by atoms with Crippen LogP contribution in [0.25, 0.3) is 0 Å². The Morgan fingerprint density at radius 3 is 2.46 bits per heavy atom. The molecule has 2 N–H and O–H groups in total. The summed E-state index contributed by atoms with van der Waals surface area (Å²) < 4.78 is 0. The lowest BCUT2D eigenvalue weighted by atomic mass is 10.1. The molecule has 0 fully saturated rings. The van der Waals surface area contributed by atoms with Gasteiger partial charge in [-0.25, -0.2) is 0 Å². The number of hydrogen-bond acceptors (Lipinski definition) is 3. The topological polar surface area (TPSA) is 52.6 Å².